The van der Waals surface area contributed by atoms with Gasteiger partial charge in [-0.3, -0.25) is 4.68 Å². The number of aliphatic hydroxyl groups is 1. The minimum atomic E-state index is 0.0467. The summed E-state index contributed by atoms with van der Waals surface area (Å²) in [6, 6.07) is 0. The van der Waals surface area contributed by atoms with Crippen molar-refractivity contribution in [2.75, 3.05) is 0 Å². The van der Waals surface area contributed by atoms with Gasteiger partial charge in [-0.15, -0.1) is 0 Å². The predicted molar refractivity (Wildman–Crippen MR) is 80.9 cm³/mol. The zero-order valence-corrected chi connectivity index (χ0v) is 13.4. The van der Waals surface area contributed by atoms with Crippen molar-refractivity contribution in [2.24, 2.45) is 5.92 Å². The maximum atomic E-state index is 9.59. The van der Waals surface area contributed by atoms with E-state index in [1.165, 1.54) is 0 Å². The topological polar surface area (TPSA) is 68.8 Å². The second-order valence-corrected chi connectivity index (χ2v) is 5.65. The first-order chi connectivity index (χ1) is 10.1. The highest BCUT2D eigenvalue weighted by atomic mass is 16.3. The Morgan fingerprint density at radius 1 is 1.19 bits per heavy atom. The van der Waals surface area contributed by atoms with E-state index in [1.54, 1.807) is 6.33 Å². The minimum Gasteiger partial charge on any atom is -0.392 e. The molecule has 2 aromatic heterocycles. The van der Waals surface area contributed by atoms with Crippen molar-refractivity contribution in [3.05, 3.63) is 29.1 Å². The quantitative estimate of drug-likeness (QED) is 0.844. The molecule has 21 heavy (non-hydrogen) atoms. The molecule has 0 spiro atoms. The van der Waals surface area contributed by atoms with Gasteiger partial charge in [-0.2, -0.15) is 10.2 Å². The van der Waals surface area contributed by atoms with Gasteiger partial charge in [-0.25, -0.2) is 9.67 Å². The first-order valence-corrected chi connectivity index (χ1v) is 7.65. The van der Waals surface area contributed by atoms with Gasteiger partial charge in [0.2, 0.25) is 0 Å². The van der Waals surface area contributed by atoms with Crippen LogP contribution in [-0.4, -0.2) is 29.7 Å². The molecule has 0 saturated heterocycles. The third kappa shape index (κ3) is 3.32. The molecule has 2 rings (SSSR count). The van der Waals surface area contributed by atoms with Crippen molar-refractivity contribution in [1.29, 1.82) is 0 Å². The average molecular weight is 291 g/mol. The van der Waals surface area contributed by atoms with Crippen LogP contribution in [-0.2, 0) is 32.5 Å². The van der Waals surface area contributed by atoms with E-state index in [2.05, 4.69) is 42.9 Å². The lowest BCUT2D eigenvalue weighted by Gasteiger charge is -2.10. The molecule has 0 bridgehead atoms. The fourth-order valence-electron chi connectivity index (χ4n) is 2.62. The zero-order valence-electron chi connectivity index (χ0n) is 13.4. The maximum absolute atomic E-state index is 9.59. The third-order valence-electron chi connectivity index (χ3n) is 3.60. The number of aryl methyl sites for hydroxylation is 1. The molecule has 0 saturated carbocycles. The highest BCUT2D eigenvalue weighted by Crippen LogP contribution is 2.17. The molecule has 0 aromatic carbocycles. The predicted octanol–water partition coefficient (Wildman–Crippen LogP) is 1.80. The molecular weight excluding hydrogens is 266 g/mol. The molecule has 0 unspecified atom stereocenters. The van der Waals surface area contributed by atoms with Crippen LogP contribution < -0.4 is 0 Å². The van der Waals surface area contributed by atoms with E-state index in [9.17, 15) is 5.11 Å². The first kappa shape index (κ1) is 15.7. The van der Waals surface area contributed by atoms with Gasteiger partial charge >= 0.3 is 0 Å². The molecule has 0 radical (unpaired) electrons. The van der Waals surface area contributed by atoms with E-state index < -0.39 is 0 Å². The van der Waals surface area contributed by atoms with Crippen LogP contribution in [0.3, 0.4) is 0 Å². The Balaban J connectivity index is 2.31. The Morgan fingerprint density at radius 3 is 2.52 bits per heavy atom. The van der Waals surface area contributed by atoms with E-state index in [0.717, 1.165) is 42.2 Å². The average Bonchev–Trinajstić information content (AvgIpc) is 3.02. The van der Waals surface area contributed by atoms with Crippen molar-refractivity contribution >= 4 is 0 Å². The van der Waals surface area contributed by atoms with Gasteiger partial charge in [0.25, 0.3) is 0 Å². The Kier molecular flexibility index (Phi) is 5.12. The Bertz CT molecular complexity index is 585. The van der Waals surface area contributed by atoms with Crippen LogP contribution in [0, 0.1) is 5.92 Å². The molecule has 0 fully saturated rings. The minimum absolute atomic E-state index is 0.0467. The molecule has 116 valence electrons. The van der Waals surface area contributed by atoms with E-state index in [-0.39, 0.29) is 6.61 Å². The molecule has 0 aliphatic carbocycles. The molecule has 6 heteroatoms. The van der Waals surface area contributed by atoms with E-state index in [0.29, 0.717) is 12.5 Å². The van der Waals surface area contributed by atoms with Gasteiger partial charge in [-0.05, 0) is 18.8 Å². The number of hydrogen-bond acceptors (Lipinski definition) is 4. The number of hydrogen-bond donors (Lipinski definition) is 1. The molecule has 2 heterocycles. The van der Waals surface area contributed by atoms with Crippen molar-refractivity contribution in [3.63, 3.8) is 0 Å². The summed E-state index contributed by atoms with van der Waals surface area (Å²) < 4.78 is 3.90. The summed E-state index contributed by atoms with van der Waals surface area (Å²) in [4.78, 5) is 4.36. The van der Waals surface area contributed by atoms with Crippen LogP contribution in [0.25, 0.3) is 0 Å². The van der Waals surface area contributed by atoms with Crippen molar-refractivity contribution in [1.82, 2.24) is 24.5 Å². The molecular formula is C15H25N5O. The van der Waals surface area contributed by atoms with Crippen LogP contribution >= 0.6 is 0 Å². The van der Waals surface area contributed by atoms with Gasteiger partial charge in [0.1, 0.15) is 18.7 Å². The summed E-state index contributed by atoms with van der Waals surface area (Å²) in [5.74, 6) is 1.43. The number of aromatic nitrogens is 5. The molecule has 2 aromatic rings. The fourth-order valence-corrected chi connectivity index (χ4v) is 2.62. The largest absolute Gasteiger partial charge is 0.392 e. The monoisotopic (exact) mass is 291 g/mol. The Labute approximate surface area is 125 Å². The van der Waals surface area contributed by atoms with Crippen molar-refractivity contribution in [2.45, 2.75) is 60.2 Å². The van der Waals surface area contributed by atoms with Crippen LogP contribution in [0.4, 0.5) is 0 Å². The highest BCUT2D eigenvalue weighted by Gasteiger charge is 2.16. The van der Waals surface area contributed by atoms with E-state index in [4.69, 9.17) is 0 Å². The van der Waals surface area contributed by atoms with Crippen LogP contribution in [0.5, 0.6) is 0 Å². The van der Waals surface area contributed by atoms with Gasteiger partial charge < -0.3 is 5.11 Å². The SMILES string of the molecule is CCc1nn(Cc2ncnn2CC(C)C)c(CC)c1CO. The second kappa shape index (κ2) is 6.85. The summed E-state index contributed by atoms with van der Waals surface area (Å²) >= 11 is 0. The van der Waals surface area contributed by atoms with Crippen molar-refractivity contribution < 1.29 is 5.11 Å². The molecule has 0 aliphatic heterocycles. The fraction of sp³-hybridized carbons (Fsp3) is 0.667. The van der Waals surface area contributed by atoms with Crippen LogP contribution in [0.1, 0.15) is 50.5 Å². The Morgan fingerprint density at radius 2 is 1.95 bits per heavy atom. The smallest absolute Gasteiger partial charge is 0.148 e. The molecule has 0 atom stereocenters. The highest BCUT2D eigenvalue weighted by molar-refractivity contribution is 5.26. The lowest BCUT2D eigenvalue weighted by atomic mass is 10.1. The standard InChI is InChI=1S/C15H25N5O/c1-5-13-12(9-21)14(6-2)19(18-13)8-15-16-10-17-20(15)7-11(3)4/h10-11,21H,5-9H2,1-4H3. The number of rotatable bonds is 7. The van der Waals surface area contributed by atoms with Crippen molar-refractivity contribution in [3.8, 4) is 0 Å². The molecule has 0 amide bonds. The lowest BCUT2D eigenvalue weighted by Crippen LogP contribution is -2.15. The van der Waals surface area contributed by atoms with Gasteiger partial charge in [-0.1, -0.05) is 27.7 Å². The van der Waals surface area contributed by atoms with Gasteiger partial charge in [0, 0.05) is 17.8 Å². The van der Waals surface area contributed by atoms with E-state index in [1.807, 2.05) is 9.36 Å². The van der Waals surface area contributed by atoms with Gasteiger partial charge in [0.15, 0.2) is 0 Å². The second-order valence-electron chi connectivity index (χ2n) is 5.65. The van der Waals surface area contributed by atoms with Crippen LogP contribution in [0.15, 0.2) is 6.33 Å². The molecule has 6 nitrogen and oxygen atoms in total. The Hall–Kier alpha value is -1.69. The zero-order chi connectivity index (χ0) is 15.4. The maximum Gasteiger partial charge on any atom is 0.148 e. The summed E-state index contributed by atoms with van der Waals surface area (Å²) in [5.41, 5.74) is 3.03. The first-order valence-electron chi connectivity index (χ1n) is 7.65. The number of nitrogens with zero attached hydrogens (tertiary/aromatic N) is 5. The lowest BCUT2D eigenvalue weighted by molar-refractivity contribution is 0.279. The summed E-state index contributed by atoms with van der Waals surface area (Å²) in [7, 11) is 0. The normalized spacial score (nSPS) is 11.5. The van der Waals surface area contributed by atoms with Gasteiger partial charge in [0.05, 0.1) is 12.3 Å². The number of aliphatic hydroxyl groups excluding tert-OH is 1. The summed E-state index contributed by atoms with van der Waals surface area (Å²) in [6.07, 6.45) is 3.27. The van der Waals surface area contributed by atoms with Crippen LogP contribution in [0.2, 0.25) is 0 Å². The third-order valence-corrected chi connectivity index (χ3v) is 3.60. The summed E-state index contributed by atoms with van der Waals surface area (Å²) in [6.45, 7) is 9.97. The summed E-state index contributed by atoms with van der Waals surface area (Å²) in [5, 5.41) is 18.5. The molecule has 1 N–H and O–H groups in total. The van der Waals surface area contributed by atoms with E-state index >= 15 is 0 Å². The molecule has 0 aliphatic rings.